The Morgan fingerprint density at radius 1 is 1.20 bits per heavy atom. The maximum Gasteiger partial charge on any atom is 0.0802 e. The molecule has 0 amide bonds. The SMILES string of the molecule is CCCC1CCCN(CCC(O)c2ccccc2)CC1. The molecular formula is C18H29NO. The second-order valence-corrected chi connectivity index (χ2v) is 6.14. The molecule has 1 aromatic rings. The van der Waals surface area contributed by atoms with Crippen LogP contribution < -0.4 is 0 Å². The number of benzene rings is 1. The molecule has 0 radical (unpaired) electrons. The molecule has 1 aliphatic rings. The van der Waals surface area contributed by atoms with E-state index in [4.69, 9.17) is 0 Å². The smallest absolute Gasteiger partial charge is 0.0802 e. The average molecular weight is 275 g/mol. The summed E-state index contributed by atoms with van der Waals surface area (Å²) in [6.07, 6.45) is 7.30. The molecule has 2 atom stereocenters. The van der Waals surface area contributed by atoms with Crippen molar-refractivity contribution in [3.63, 3.8) is 0 Å². The maximum atomic E-state index is 10.2. The Morgan fingerprint density at radius 3 is 2.75 bits per heavy atom. The Labute approximate surface area is 123 Å². The fourth-order valence-corrected chi connectivity index (χ4v) is 3.29. The van der Waals surface area contributed by atoms with Crippen LogP contribution in [0, 0.1) is 5.92 Å². The summed E-state index contributed by atoms with van der Waals surface area (Å²) in [4.78, 5) is 2.54. The van der Waals surface area contributed by atoms with E-state index in [9.17, 15) is 5.11 Å². The highest BCUT2D eigenvalue weighted by Gasteiger charge is 2.17. The summed E-state index contributed by atoms with van der Waals surface area (Å²) in [5.74, 6) is 0.934. The predicted molar refractivity (Wildman–Crippen MR) is 84.7 cm³/mol. The zero-order chi connectivity index (χ0) is 14.2. The number of aliphatic hydroxyl groups excluding tert-OH is 1. The van der Waals surface area contributed by atoms with E-state index in [2.05, 4.69) is 11.8 Å². The molecule has 1 fully saturated rings. The Bertz CT molecular complexity index is 365. The summed E-state index contributed by atoms with van der Waals surface area (Å²) in [5, 5.41) is 10.2. The van der Waals surface area contributed by atoms with Crippen molar-refractivity contribution in [2.45, 2.75) is 51.6 Å². The molecule has 2 heteroatoms. The second-order valence-electron chi connectivity index (χ2n) is 6.14. The van der Waals surface area contributed by atoms with E-state index < -0.39 is 0 Å². The standard InChI is InChI=1S/C18H29NO/c1-2-7-16-8-6-13-19(14-11-16)15-12-18(20)17-9-4-3-5-10-17/h3-5,9-10,16,18,20H,2,6-8,11-15H2,1H3. The van der Waals surface area contributed by atoms with Gasteiger partial charge in [-0.2, -0.15) is 0 Å². The van der Waals surface area contributed by atoms with E-state index in [1.165, 1.54) is 45.2 Å². The van der Waals surface area contributed by atoms with E-state index in [1.54, 1.807) is 0 Å². The summed E-state index contributed by atoms with van der Waals surface area (Å²) in [6.45, 7) is 5.74. The predicted octanol–water partition coefficient (Wildman–Crippen LogP) is 4.01. The van der Waals surface area contributed by atoms with Crippen LogP contribution in [-0.4, -0.2) is 29.6 Å². The van der Waals surface area contributed by atoms with Gasteiger partial charge in [0.15, 0.2) is 0 Å². The van der Waals surface area contributed by atoms with Crippen LogP contribution in [0.4, 0.5) is 0 Å². The Balaban J connectivity index is 1.74. The second kappa shape index (κ2) is 8.43. The van der Waals surface area contributed by atoms with E-state index >= 15 is 0 Å². The van der Waals surface area contributed by atoms with Crippen LogP contribution in [-0.2, 0) is 0 Å². The highest BCUT2D eigenvalue weighted by molar-refractivity contribution is 5.17. The molecule has 20 heavy (non-hydrogen) atoms. The van der Waals surface area contributed by atoms with Crippen LogP contribution in [0.1, 0.15) is 57.1 Å². The van der Waals surface area contributed by atoms with Crippen LogP contribution in [0.2, 0.25) is 0 Å². The van der Waals surface area contributed by atoms with E-state index in [0.717, 1.165) is 24.4 Å². The first-order valence-electron chi connectivity index (χ1n) is 8.25. The Kier molecular flexibility index (Phi) is 6.55. The highest BCUT2D eigenvalue weighted by Crippen LogP contribution is 2.23. The number of likely N-dealkylation sites (tertiary alicyclic amines) is 1. The lowest BCUT2D eigenvalue weighted by Crippen LogP contribution is -2.27. The van der Waals surface area contributed by atoms with Gasteiger partial charge in [-0.25, -0.2) is 0 Å². The van der Waals surface area contributed by atoms with Gasteiger partial charge in [-0.1, -0.05) is 50.1 Å². The number of hydrogen-bond acceptors (Lipinski definition) is 2. The van der Waals surface area contributed by atoms with Crippen LogP contribution in [0.15, 0.2) is 30.3 Å². The van der Waals surface area contributed by atoms with Crippen molar-refractivity contribution in [2.24, 2.45) is 5.92 Å². The van der Waals surface area contributed by atoms with Gasteiger partial charge in [-0.05, 0) is 50.3 Å². The maximum absolute atomic E-state index is 10.2. The number of aliphatic hydroxyl groups is 1. The van der Waals surface area contributed by atoms with Gasteiger partial charge in [0.05, 0.1) is 6.10 Å². The first-order chi connectivity index (χ1) is 9.79. The van der Waals surface area contributed by atoms with Gasteiger partial charge in [-0.15, -0.1) is 0 Å². The van der Waals surface area contributed by atoms with E-state index in [0.29, 0.717) is 0 Å². The van der Waals surface area contributed by atoms with Crippen molar-refractivity contribution in [1.29, 1.82) is 0 Å². The lowest BCUT2D eigenvalue weighted by Gasteiger charge is -2.22. The molecule has 112 valence electrons. The third-order valence-corrected chi connectivity index (χ3v) is 4.54. The van der Waals surface area contributed by atoms with Gasteiger partial charge in [0.1, 0.15) is 0 Å². The van der Waals surface area contributed by atoms with E-state index in [1.807, 2.05) is 30.3 Å². The summed E-state index contributed by atoms with van der Waals surface area (Å²) < 4.78 is 0. The van der Waals surface area contributed by atoms with E-state index in [-0.39, 0.29) is 6.10 Å². The summed E-state index contributed by atoms with van der Waals surface area (Å²) in [5.41, 5.74) is 1.05. The molecule has 1 aromatic carbocycles. The van der Waals surface area contributed by atoms with Crippen LogP contribution >= 0.6 is 0 Å². The normalized spacial score (nSPS) is 22.4. The molecule has 1 saturated heterocycles. The lowest BCUT2D eigenvalue weighted by molar-refractivity contribution is 0.142. The van der Waals surface area contributed by atoms with Crippen molar-refractivity contribution >= 4 is 0 Å². The fraction of sp³-hybridized carbons (Fsp3) is 0.667. The van der Waals surface area contributed by atoms with Gasteiger partial charge in [0.2, 0.25) is 0 Å². The average Bonchev–Trinajstić information content (AvgIpc) is 2.71. The minimum Gasteiger partial charge on any atom is -0.388 e. The van der Waals surface area contributed by atoms with Crippen molar-refractivity contribution in [2.75, 3.05) is 19.6 Å². The van der Waals surface area contributed by atoms with Crippen LogP contribution in [0.5, 0.6) is 0 Å². The largest absolute Gasteiger partial charge is 0.388 e. The fourth-order valence-electron chi connectivity index (χ4n) is 3.29. The molecule has 0 spiro atoms. The summed E-state index contributed by atoms with van der Waals surface area (Å²) in [6, 6.07) is 10.0. The summed E-state index contributed by atoms with van der Waals surface area (Å²) in [7, 11) is 0. The molecular weight excluding hydrogens is 246 g/mol. The van der Waals surface area contributed by atoms with Gasteiger partial charge < -0.3 is 10.0 Å². The molecule has 2 unspecified atom stereocenters. The Morgan fingerprint density at radius 2 is 2.00 bits per heavy atom. The monoisotopic (exact) mass is 275 g/mol. The molecule has 1 N–H and O–H groups in total. The number of nitrogens with zero attached hydrogens (tertiary/aromatic N) is 1. The minimum absolute atomic E-state index is 0.314. The molecule has 2 rings (SSSR count). The van der Waals surface area contributed by atoms with Gasteiger partial charge in [0, 0.05) is 6.54 Å². The number of hydrogen-bond donors (Lipinski definition) is 1. The lowest BCUT2D eigenvalue weighted by atomic mass is 9.96. The Hall–Kier alpha value is -0.860. The van der Waals surface area contributed by atoms with Crippen LogP contribution in [0.3, 0.4) is 0 Å². The molecule has 1 aliphatic heterocycles. The highest BCUT2D eigenvalue weighted by atomic mass is 16.3. The zero-order valence-electron chi connectivity index (χ0n) is 12.8. The topological polar surface area (TPSA) is 23.5 Å². The first kappa shape index (κ1) is 15.5. The third kappa shape index (κ3) is 4.92. The van der Waals surface area contributed by atoms with Crippen molar-refractivity contribution in [3.8, 4) is 0 Å². The van der Waals surface area contributed by atoms with Gasteiger partial charge in [0.25, 0.3) is 0 Å². The van der Waals surface area contributed by atoms with Crippen molar-refractivity contribution in [1.82, 2.24) is 4.90 Å². The molecule has 0 aliphatic carbocycles. The molecule has 2 nitrogen and oxygen atoms in total. The van der Waals surface area contributed by atoms with Crippen molar-refractivity contribution in [3.05, 3.63) is 35.9 Å². The number of rotatable bonds is 6. The van der Waals surface area contributed by atoms with Crippen molar-refractivity contribution < 1.29 is 5.11 Å². The third-order valence-electron chi connectivity index (χ3n) is 4.54. The van der Waals surface area contributed by atoms with Crippen LogP contribution in [0.25, 0.3) is 0 Å². The zero-order valence-corrected chi connectivity index (χ0v) is 12.8. The molecule has 0 aromatic heterocycles. The molecule has 0 bridgehead atoms. The molecule has 1 heterocycles. The summed E-state index contributed by atoms with van der Waals surface area (Å²) >= 11 is 0. The first-order valence-corrected chi connectivity index (χ1v) is 8.25. The minimum atomic E-state index is -0.314. The van der Waals surface area contributed by atoms with Gasteiger partial charge in [-0.3, -0.25) is 0 Å². The molecule has 0 saturated carbocycles. The quantitative estimate of drug-likeness (QED) is 0.848. The van der Waals surface area contributed by atoms with Gasteiger partial charge >= 0.3 is 0 Å².